The summed E-state index contributed by atoms with van der Waals surface area (Å²) in [5.41, 5.74) is -0.150. The van der Waals surface area contributed by atoms with Gasteiger partial charge in [-0.15, -0.1) is 4.80 Å². The summed E-state index contributed by atoms with van der Waals surface area (Å²) in [6.45, 7) is 7.67. The normalized spacial score (nSPS) is 21.2. The number of methoxy groups -OCH3 is 1. The number of aromatic nitrogens is 6. The highest BCUT2D eigenvalue weighted by Gasteiger charge is 2.43. The van der Waals surface area contributed by atoms with Gasteiger partial charge >= 0.3 is 5.69 Å². The second-order valence-electron chi connectivity index (χ2n) is 11.0. The highest BCUT2D eigenvalue weighted by Crippen LogP contribution is 2.39. The second kappa shape index (κ2) is 11.3. The van der Waals surface area contributed by atoms with Crippen LogP contribution in [0, 0.1) is 5.82 Å². The molecule has 5 rings (SSSR count). The molecule has 4 heterocycles. The molecular formula is C26H35ClFN9O3. The Labute approximate surface area is 236 Å². The number of halogens is 2. The molecule has 0 amide bonds. The molecule has 2 fully saturated rings. The summed E-state index contributed by atoms with van der Waals surface area (Å²) in [7, 11) is 3.05. The zero-order valence-electron chi connectivity index (χ0n) is 23.3. The van der Waals surface area contributed by atoms with Crippen LogP contribution in [0.2, 0.25) is 5.02 Å². The number of fused-ring (bicyclic) bond motifs is 1. The van der Waals surface area contributed by atoms with Crippen LogP contribution in [0.15, 0.2) is 23.1 Å². The van der Waals surface area contributed by atoms with E-state index in [1.54, 1.807) is 7.11 Å². The number of ether oxygens (including phenoxy) is 2. The highest BCUT2D eigenvalue weighted by molar-refractivity contribution is 6.32. The molecule has 2 aliphatic rings. The molecular weight excluding hydrogens is 541 g/mol. The molecule has 0 aliphatic carbocycles. The summed E-state index contributed by atoms with van der Waals surface area (Å²) in [6.07, 6.45) is 5.60. The zero-order valence-corrected chi connectivity index (χ0v) is 24.1. The molecule has 0 unspecified atom stereocenters. The number of piperidine rings is 1. The number of anilines is 3. The van der Waals surface area contributed by atoms with Crippen molar-refractivity contribution in [3.8, 4) is 11.4 Å². The van der Waals surface area contributed by atoms with Gasteiger partial charge in [-0.25, -0.2) is 18.9 Å². The Balaban J connectivity index is 1.41. The van der Waals surface area contributed by atoms with Crippen molar-refractivity contribution in [2.75, 3.05) is 30.9 Å². The van der Waals surface area contributed by atoms with Crippen molar-refractivity contribution in [2.45, 2.75) is 70.2 Å². The van der Waals surface area contributed by atoms with Gasteiger partial charge < -0.3 is 20.1 Å². The Hall–Kier alpha value is -3.29. The van der Waals surface area contributed by atoms with E-state index in [0.717, 1.165) is 19.4 Å². The number of hydrogen-bond donors (Lipinski definition) is 2. The van der Waals surface area contributed by atoms with Crippen LogP contribution in [0.1, 0.15) is 46.5 Å². The van der Waals surface area contributed by atoms with Crippen molar-refractivity contribution in [3.63, 3.8) is 0 Å². The van der Waals surface area contributed by atoms with Crippen LogP contribution in [0.5, 0.6) is 5.75 Å². The van der Waals surface area contributed by atoms with Crippen molar-refractivity contribution in [1.29, 1.82) is 0 Å². The second-order valence-corrected chi connectivity index (χ2v) is 11.4. The molecule has 0 spiro atoms. The van der Waals surface area contributed by atoms with Gasteiger partial charge in [0.2, 0.25) is 5.95 Å². The third-order valence-corrected chi connectivity index (χ3v) is 7.98. The van der Waals surface area contributed by atoms with Crippen molar-refractivity contribution in [1.82, 2.24) is 34.7 Å². The lowest BCUT2D eigenvalue weighted by Gasteiger charge is -2.47. The van der Waals surface area contributed by atoms with E-state index >= 15 is 4.39 Å². The Kier molecular flexibility index (Phi) is 7.98. The Morgan fingerprint density at radius 3 is 2.85 bits per heavy atom. The number of nitrogens with zero attached hydrogens (tertiary/aromatic N) is 7. The van der Waals surface area contributed by atoms with E-state index in [4.69, 9.17) is 21.1 Å². The van der Waals surface area contributed by atoms with Gasteiger partial charge in [0.1, 0.15) is 23.1 Å². The molecule has 0 bridgehead atoms. The first-order valence-electron chi connectivity index (χ1n) is 13.4. The molecule has 3 aromatic rings. The van der Waals surface area contributed by atoms with Crippen molar-refractivity contribution < 1.29 is 13.9 Å². The van der Waals surface area contributed by atoms with Gasteiger partial charge in [0.15, 0.2) is 11.6 Å². The molecule has 0 radical (unpaired) electrons. The van der Waals surface area contributed by atoms with E-state index in [9.17, 15) is 4.79 Å². The molecule has 2 aliphatic heterocycles. The first-order chi connectivity index (χ1) is 19.1. The fraction of sp³-hybridized carbons (Fsp3) is 0.577. The average Bonchev–Trinajstić information content (AvgIpc) is 3.52. The van der Waals surface area contributed by atoms with E-state index < -0.39 is 11.5 Å². The molecule has 1 aromatic carbocycles. The molecule has 12 nitrogen and oxygen atoms in total. The van der Waals surface area contributed by atoms with Crippen LogP contribution in [0.25, 0.3) is 5.69 Å². The van der Waals surface area contributed by atoms with Crippen LogP contribution in [-0.4, -0.2) is 78.6 Å². The number of benzene rings is 1. The molecule has 0 saturated carbocycles. The molecule has 40 heavy (non-hydrogen) atoms. The Morgan fingerprint density at radius 1 is 1.32 bits per heavy atom. The van der Waals surface area contributed by atoms with Crippen molar-refractivity contribution in [2.24, 2.45) is 7.05 Å². The maximum absolute atomic E-state index is 15.3. The minimum Gasteiger partial charge on any atom is -0.488 e. The minimum absolute atomic E-state index is 0.0544. The zero-order chi connectivity index (χ0) is 28.6. The van der Waals surface area contributed by atoms with E-state index in [-0.39, 0.29) is 41.7 Å². The molecule has 2 aromatic heterocycles. The predicted octanol–water partition coefficient (Wildman–Crippen LogP) is 3.52. The van der Waals surface area contributed by atoms with E-state index in [2.05, 4.69) is 49.7 Å². The maximum Gasteiger partial charge on any atom is 0.383 e. The van der Waals surface area contributed by atoms with E-state index in [1.807, 2.05) is 6.92 Å². The van der Waals surface area contributed by atoms with Crippen LogP contribution < -0.4 is 21.1 Å². The van der Waals surface area contributed by atoms with Crippen LogP contribution in [0.4, 0.5) is 21.8 Å². The molecule has 2 N–H and O–H groups in total. The third kappa shape index (κ3) is 5.77. The number of hydrogen-bond acceptors (Lipinski definition) is 10. The lowest BCUT2D eigenvalue weighted by molar-refractivity contribution is 0.0501. The van der Waals surface area contributed by atoms with Gasteiger partial charge in [0.25, 0.3) is 0 Å². The van der Waals surface area contributed by atoms with E-state index in [1.165, 1.54) is 47.7 Å². The van der Waals surface area contributed by atoms with Gasteiger partial charge in [0.05, 0.1) is 18.0 Å². The fourth-order valence-electron chi connectivity index (χ4n) is 5.64. The summed E-state index contributed by atoms with van der Waals surface area (Å²) in [4.78, 5) is 24.7. The van der Waals surface area contributed by atoms with Crippen LogP contribution in [-0.2, 0) is 11.8 Å². The van der Waals surface area contributed by atoms with Gasteiger partial charge in [-0.2, -0.15) is 4.98 Å². The topological polar surface area (TPSA) is 124 Å². The van der Waals surface area contributed by atoms with Gasteiger partial charge in [0, 0.05) is 37.8 Å². The Morgan fingerprint density at radius 2 is 2.12 bits per heavy atom. The first kappa shape index (κ1) is 28.2. The summed E-state index contributed by atoms with van der Waals surface area (Å²) in [5.74, 6) is 0.188. The van der Waals surface area contributed by atoms with Gasteiger partial charge in [-0.3, -0.25) is 4.90 Å². The molecule has 3 atom stereocenters. The van der Waals surface area contributed by atoms with Crippen molar-refractivity contribution in [3.05, 3.63) is 39.7 Å². The van der Waals surface area contributed by atoms with Crippen molar-refractivity contribution >= 4 is 29.1 Å². The molecule has 216 valence electrons. The number of tetrazole rings is 1. The maximum atomic E-state index is 15.3. The Bertz CT molecular complexity index is 1430. The SMILES string of the molecule is CO[C@@H](C)COc1cc(F)c(Nc2ncc(Cl)c(N[C@@H]3C[C@@H]4CCCN4C(C)(C)C3)n2)cc1-n1nnc(=O)n1C. The van der Waals surface area contributed by atoms with Crippen LogP contribution >= 0.6 is 11.6 Å². The predicted molar refractivity (Wildman–Crippen MR) is 149 cm³/mol. The summed E-state index contributed by atoms with van der Waals surface area (Å²) >= 11 is 6.47. The fourth-order valence-corrected chi connectivity index (χ4v) is 5.79. The highest BCUT2D eigenvalue weighted by atomic mass is 35.5. The van der Waals surface area contributed by atoms with Gasteiger partial charge in [-0.1, -0.05) is 16.7 Å². The smallest absolute Gasteiger partial charge is 0.383 e. The molecule has 2 saturated heterocycles. The standard InChI is InChI=1S/C26H35ClFN9O3/c1-15(39-5)14-40-22-10-19(28)20(11-21(22)37-34-33-25(38)35(37)4)31-24-29-13-18(27)23(32-24)30-16-9-17-7-6-8-36(17)26(2,3)12-16/h10-11,13,15-17H,6-9,12,14H2,1-5H3,(H2,29,30,31,32)/t15-,16+,17-/m0/s1. The average molecular weight is 576 g/mol. The minimum atomic E-state index is -0.614. The summed E-state index contributed by atoms with van der Waals surface area (Å²) < 4.78 is 27.5. The third-order valence-electron chi connectivity index (χ3n) is 7.70. The first-order valence-corrected chi connectivity index (χ1v) is 13.7. The number of rotatable bonds is 9. The largest absolute Gasteiger partial charge is 0.488 e. The monoisotopic (exact) mass is 575 g/mol. The van der Waals surface area contributed by atoms with Crippen LogP contribution in [0.3, 0.4) is 0 Å². The summed E-state index contributed by atoms with van der Waals surface area (Å²) in [5, 5.41) is 14.3. The quantitative estimate of drug-likeness (QED) is 0.391. The van der Waals surface area contributed by atoms with Gasteiger partial charge in [-0.05, 0) is 64.3 Å². The summed E-state index contributed by atoms with van der Waals surface area (Å²) in [6, 6.07) is 3.39. The number of nitrogens with one attached hydrogen (secondary N) is 2. The lowest BCUT2D eigenvalue weighted by atomic mass is 9.84. The van der Waals surface area contributed by atoms with E-state index in [0.29, 0.717) is 22.6 Å². The molecule has 14 heteroatoms. The lowest BCUT2D eigenvalue weighted by Crippen LogP contribution is -2.55.